The summed E-state index contributed by atoms with van der Waals surface area (Å²) >= 11 is 1.40. The molecule has 198 valence electrons. The molecule has 1 saturated heterocycles. The SMILES string of the molecule is COC(=O)c1cc2[nH]c(-c3cccc([N+](=O)[O-])c3OCCOC3CCCCO3)c(C3CCCCC3)c2s1. The second-order valence-electron chi connectivity index (χ2n) is 9.52. The van der Waals surface area contributed by atoms with Crippen LogP contribution in [0.1, 0.15) is 72.5 Å². The molecule has 1 aliphatic carbocycles. The number of nitrogens with zero attached hydrogens (tertiary/aromatic N) is 1. The molecule has 2 aromatic heterocycles. The summed E-state index contributed by atoms with van der Waals surface area (Å²) in [4.78, 5) is 27.8. The van der Waals surface area contributed by atoms with Crippen LogP contribution in [0.5, 0.6) is 5.75 Å². The molecule has 0 amide bonds. The van der Waals surface area contributed by atoms with Gasteiger partial charge in [-0.2, -0.15) is 0 Å². The van der Waals surface area contributed by atoms with Gasteiger partial charge in [0.1, 0.15) is 11.5 Å². The van der Waals surface area contributed by atoms with Gasteiger partial charge in [0, 0.05) is 18.2 Å². The van der Waals surface area contributed by atoms with E-state index in [2.05, 4.69) is 4.98 Å². The lowest BCUT2D eigenvalue weighted by atomic mass is 9.83. The minimum Gasteiger partial charge on any atom is -0.484 e. The number of hydrogen-bond donors (Lipinski definition) is 1. The number of nitrogens with one attached hydrogen (secondary N) is 1. The highest BCUT2D eigenvalue weighted by Crippen LogP contribution is 2.48. The van der Waals surface area contributed by atoms with Crippen molar-refractivity contribution >= 4 is 33.2 Å². The number of nitro benzene ring substituents is 1. The van der Waals surface area contributed by atoms with E-state index in [1.165, 1.54) is 30.9 Å². The lowest BCUT2D eigenvalue weighted by Gasteiger charge is -2.23. The van der Waals surface area contributed by atoms with Crippen molar-refractivity contribution in [1.82, 2.24) is 4.98 Å². The van der Waals surface area contributed by atoms with Gasteiger partial charge >= 0.3 is 11.7 Å². The first-order valence-corrected chi connectivity index (χ1v) is 13.8. The summed E-state index contributed by atoms with van der Waals surface area (Å²) in [6.45, 7) is 1.12. The Morgan fingerprint density at radius 2 is 1.97 bits per heavy atom. The third-order valence-electron chi connectivity index (χ3n) is 7.14. The minimum absolute atomic E-state index is 0.0887. The smallest absolute Gasteiger partial charge is 0.348 e. The first-order valence-electron chi connectivity index (χ1n) is 12.9. The second kappa shape index (κ2) is 11.6. The van der Waals surface area contributed by atoms with Gasteiger partial charge in [0.2, 0.25) is 5.75 Å². The number of para-hydroxylation sites is 1. The summed E-state index contributed by atoms with van der Waals surface area (Å²) in [7, 11) is 1.38. The molecule has 1 aromatic carbocycles. The highest BCUT2D eigenvalue weighted by Gasteiger charge is 2.30. The standard InChI is InChI=1S/C27H32N2O7S/c1-33-27(30)21-16-19-26(37-21)23(17-8-3-2-4-9-17)24(28-19)18-10-7-11-20(29(31)32)25(18)36-15-14-35-22-12-5-6-13-34-22/h7,10-11,16-17,22,28H,2-6,8-9,12-15H2,1H3. The molecule has 2 fully saturated rings. The highest BCUT2D eigenvalue weighted by molar-refractivity contribution is 7.21. The van der Waals surface area contributed by atoms with E-state index in [1.54, 1.807) is 12.1 Å². The Kier molecular flexibility index (Phi) is 8.07. The summed E-state index contributed by atoms with van der Waals surface area (Å²) in [5.74, 6) is 0.146. The minimum atomic E-state index is -0.412. The zero-order chi connectivity index (χ0) is 25.8. The lowest BCUT2D eigenvalue weighted by Crippen LogP contribution is -2.24. The molecule has 1 saturated carbocycles. The molecule has 10 heteroatoms. The molecule has 9 nitrogen and oxygen atoms in total. The van der Waals surface area contributed by atoms with Crippen LogP contribution in [0.25, 0.3) is 21.5 Å². The van der Waals surface area contributed by atoms with Gasteiger partial charge in [0.25, 0.3) is 0 Å². The maximum atomic E-state index is 12.2. The number of thiophene rings is 1. The molecule has 0 spiro atoms. The molecule has 5 rings (SSSR count). The Morgan fingerprint density at radius 1 is 1.16 bits per heavy atom. The number of ether oxygens (including phenoxy) is 4. The van der Waals surface area contributed by atoms with Gasteiger partial charge in [-0.3, -0.25) is 10.1 Å². The largest absolute Gasteiger partial charge is 0.484 e. The summed E-state index contributed by atoms with van der Waals surface area (Å²) < 4.78 is 23.4. The first-order chi connectivity index (χ1) is 18.1. The van der Waals surface area contributed by atoms with Crippen molar-refractivity contribution in [3.8, 4) is 17.0 Å². The Bertz CT molecular complexity index is 1260. The van der Waals surface area contributed by atoms with Crippen molar-refractivity contribution in [3.63, 3.8) is 0 Å². The van der Waals surface area contributed by atoms with Crippen LogP contribution in [0.2, 0.25) is 0 Å². The predicted octanol–water partition coefficient (Wildman–Crippen LogP) is 6.56. The number of aromatic amines is 1. The van der Waals surface area contributed by atoms with Gasteiger partial charge in [-0.15, -0.1) is 11.3 Å². The van der Waals surface area contributed by atoms with Crippen LogP contribution in [0.15, 0.2) is 24.3 Å². The molecule has 1 N–H and O–H groups in total. The Morgan fingerprint density at radius 3 is 2.70 bits per heavy atom. The fraction of sp³-hybridized carbons (Fsp3) is 0.519. The van der Waals surface area contributed by atoms with Crippen LogP contribution >= 0.6 is 11.3 Å². The third-order valence-corrected chi connectivity index (χ3v) is 8.29. The van der Waals surface area contributed by atoms with Crippen molar-refractivity contribution in [2.24, 2.45) is 0 Å². The second-order valence-corrected chi connectivity index (χ2v) is 10.6. The molecule has 1 aliphatic heterocycles. The van der Waals surface area contributed by atoms with Crippen molar-refractivity contribution in [1.29, 1.82) is 0 Å². The average molecular weight is 529 g/mol. The summed E-state index contributed by atoms with van der Waals surface area (Å²) in [5.41, 5.74) is 3.31. The monoisotopic (exact) mass is 528 g/mol. The summed E-state index contributed by atoms with van der Waals surface area (Å²) in [5, 5.41) is 12.0. The zero-order valence-corrected chi connectivity index (χ0v) is 21.8. The number of carbonyl (C=O) groups is 1. The van der Waals surface area contributed by atoms with E-state index in [-0.39, 0.29) is 36.9 Å². The van der Waals surface area contributed by atoms with E-state index in [9.17, 15) is 14.9 Å². The van der Waals surface area contributed by atoms with Gasteiger partial charge < -0.3 is 23.9 Å². The van der Waals surface area contributed by atoms with Crippen molar-refractivity contribution in [3.05, 3.63) is 44.8 Å². The number of methoxy groups -OCH3 is 1. The molecular formula is C27H32N2O7S. The first kappa shape index (κ1) is 25.7. The topological polar surface area (TPSA) is 113 Å². The number of benzene rings is 1. The van der Waals surface area contributed by atoms with Crippen LogP contribution in [0.4, 0.5) is 5.69 Å². The number of rotatable bonds is 9. The van der Waals surface area contributed by atoms with Crippen molar-refractivity contribution < 1.29 is 28.7 Å². The molecular weight excluding hydrogens is 496 g/mol. The molecule has 1 atom stereocenters. The maximum Gasteiger partial charge on any atom is 0.348 e. The average Bonchev–Trinajstić information content (AvgIpc) is 3.50. The molecule has 3 heterocycles. The van der Waals surface area contributed by atoms with Gasteiger partial charge in [-0.1, -0.05) is 25.3 Å². The van der Waals surface area contributed by atoms with Crippen LogP contribution in [-0.4, -0.2) is 49.1 Å². The van der Waals surface area contributed by atoms with Crippen LogP contribution < -0.4 is 4.74 Å². The van der Waals surface area contributed by atoms with E-state index in [0.717, 1.165) is 66.4 Å². The maximum absolute atomic E-state index is 12.2. The molecule has 3 aromatic rings. The third kappa shape index (κ3) is 5.51. The number of aromatic nitrogens is 1. The molecule has 0 radical (unpaired) electrons. The fourth-order valence-electron chi connectivity index (χ4n) is 5.38. The lowest BCUT2D eigenvalue weighted by molar-refractivity contribution is -0.385. The number of H-pyrrole nitrogens is 1. The number of hydrogen-bond acceptors (Lipinski definition) is 8. The number of nitro groups is 1. The van der Waals surface area contributed by atoms with Crippen LogP contribution in [-0.2, 0) is 14.2 Å². The van der Waals surface area contributed by atoms with Crippen LogP contribution in [0, 0.1) is 10.1 Å². The molecule has 2 aliphatic rings. The predicted molar refractivity (Wildman–Crippen MR) is 140 cm³/mol. The van der Waals surface area contributed by atoms with E-state index < -0.39 is 4.92 Å². The Hall–Kier alpha value is -2.95. The van der Waals surface area contributed by atoms with E-state index in [4.69, 9.17) is 18.9 Å². The van der Waals surface area contributed by atoms with E-state index in [1.807, 2.05) is 6.07 Å². The van der Waals surface area contributed by atoms with Gasteiger partial charge in [-0.25, -0.2) is 4.79 Å². The normalized spacial score (nSPS) is 18.7. The van der Waals surface area contributed by atoms with Crippen LogP contribution in [0.3, 0.4) is 0 Å². The number of esters is 1. The van der Waals surface area contributed by atoms with E-state index >= 15 is 0 Å². The van der Waals surface area contributed by atoms with Gasteiger partial charge in [-0.05, 0) is 55.7 Å². The Labute approximate surface area is 219 Å². The Balaban J connectivity index is 1.50. The van der Waals surface area contributed by atoms with Crippen molar-refractivity contribution in [2.75, 3.05) is 26.9 Å². The van der Waals surface area contributed by atoms with Crippen molar-refractivity contribution in [2.45, 2.75) is 63.6 Å². The number of fused-ring (bicyclic) bond motifs is 1. The number of carbonyl (C=O) groups excluding carboxylic acids is 1. The highest BCUT2D eigenvalue weighted by atomic mass is 32.1. The zero-order valence-electron chi connectivity index (χ0n) is 21.0. The molecule has 37 heavy (non-hydrogen) atoms. The fourth-order valence-corrected chi connectivity index (χ4v) is 6.54. The van der Waals surface area contributed by atoms with E-state index in [0.29, 0.717) is 23.0 Å². The summed E-state index contributed by atoms with van der Waals surface area (Å²) in [6.07, 6.45) is 8.22. The summed E-state index contributed by atoms with van der Waals surface area (Å²) in [6, 6.07) is 6.81. The molecule has 1 unspecified atom stereocenters. The van der Waals surface area contributed by atoms with Gasteiger partial charge in [0.05, 0.1) is 34.6 Å². The quantitative estimate of drug-likeness (QED) is 0.145. The molecule has 0 bridgehead atoms. The van der Waals surface area contributed by atoms with Gasteiger partial charge in [0.15, 0.2) is 6.29 Å².